The van der Waals surface area contributed by atoms with Crippen LogP contribution in [0.4, 0.5) is 5.69 Å². The minimum absolute atomic E-state index is 0.256. The normalized spacial score (nSPS) is 16.7. The Morgan fingerprint density at radius 3 is 2.41 bits per heavy atom. The van der Waals surface area contributed by atoms with Gasteiger partial charge in [0.1, 0.15) is 6.04 Å². The number of hydrogen-bond acceptors (Lipinski definition) is 5. The number of rotatable bonds is 8. The van der Waals surface area contributed by atoms with E-state index in [1.54, 1.807) is 0 Å². The molecule has 152 valence electrons. The summed E-state index contributed by atoms with van der Waals surface area (Å²) in [5.41, 5.74) is 0.256. The molecule has 0 saturated carbocycles. The Kier molecular flexibility index (Phi) is 8.18. The van der Waals surface area contributed by atoms with Crippen molar-refractivity contribution in [2.75, 3.05) is 50.0 Å². The SMILES string of the molecule is C[C@H](C(=O)NCCCN1CCOCC1)N(c1cc(Cl)cc(Cl)c1)S(C)(=O)=O. The minimum atomic E-state index is -3.71. The summed E-state index contributed by atoms with van der Waals surface area (Å²) >= 11 is 12.0. The van der Waals surface area contributed by atoms with Crippen molar-refractivity contribution in [2.24, 2.45) is 0 Å². The highest BCUT2D eigenvalue weighted by Crippen LogP contribution is 2.28. The lowest BCUT2D eigenvalue weighted by Gasteiger charge is -2.29. The van der Waals surface area contributed by atoms with Crippen LogP contribution in [0.1, 0.15) is 13.3 Å². The van der Waals surface area contributed by atoms with Crippen molar-refractivity contribution in [3.63, 3.8) is 0 Å². The van der Waals surface area contributed by atoms with Gasteiger partial charge < -0.3 is 10.1 Å². The summed E-state index contributed by atoms with van der Waals surface area (Å²) in [6.45, 7) is 6.10. The monoisotopic (exact) mass is 437 g/mol. The van der Waals surface area contributed by atoms with Crippen LogP contribution in [-0.2, 0) is 19.6 Å². The molecule has 1 saturated heterocycles. The van der Waals surface area contributed by atoms with Crippen molar-refractivity contribution in [1.82, 2.24) is 10.2 Å². The summed E-state index contributed by atoms with van der Waals surface area (Å²) in [5.74, 6) is -0.376. The number of ether oxygens (including phenoxy) is 1. The van der Waals surface area contributed by atoms with Gasteiger partial charge in [0.2, 0.25) is 15.9 Å². The van der Waals surface area contributed by atoms with Crippen molar-refractivity contribution in [1.29, 1.82) is 0 Å². The molecule has 7 nitrogen and oxygen atoms in total. The summed E-state index contributed by atoms with van der Waals surface area (Å²) in [6.07, 6.45) is 1.82. The predicted octanol–water partition coefficient (Wildman–Crippen LogP) is 1.99. The molecule has 0 spiro atoms. The average Bonchev–Trinajstić information content (AvgIpc) is 2.57. The van der Waals surface area contributed by atoms with E-state index in [0.717, 1.165) is 49.8 Å². The van der Waals surface area contributed by atoms with Gasteiger partial charge in [0.25, 0.3) is 0 Å². The van der Waals surface area contributed by atoms with Crippen molar-refractivity contribution in [2.45, 2.75) is 19.4 Å². The van der Waals surface area contributed by atoms with Crippen LogP contribution in [0.2, 0.25) is 10.0 Å². The molecule has 0 radical (unpaired) electrons. The summed E-state index contributed by atoms with van der Waals surface area (Å²) in [7, 11) is -3.71. The average molecular weight is 438 g/mol. The topological polar surface area (TPSA) is 79.0 Å². The largest absolute Gasteiger partial charge is 0.379 e. The molecule has 1 N–H and O–H groups in total. The predicted molar refractivity (Wildman–Crippen MR) is 108 cm³/mol. The van der Waals surface area contributed by atoms with Crippen LogP contribution >= 0.6 is 23.2 Å². The fourth-order valence-corrected chi connectivity index (χ4v) is 4.64. The second-order valence-electron chi connectivity index (χ2n) is 6.46. The van der Waals surface area contributed by atoms with E-state index in [0.29, 0.717) is 16.6 Å². The Balaban J connectivity index is 1.97. The number of hydrogen-bond donors (Lipinski definition) is 1. The van der Waals surface area contributed by atoms with E-state index in [9.17, 15) is 13.2 Å². The molecule has 0 unspecified atom stereocenters. The second-order valence-corrected chi connectivity index (χ2v) is 9.19. The number of sulfonamides is 1. The first-order valence-electron chi connectivity index (χ1n) is 8.72. The zero-order valence-corrected chi connectivity index (χ0v) is 17.8. The van der Waals surface area contributed by atoms with E-state index in [1.165, 1.54) is 25.1 Å². The highest BCUT2D eigenvalue weighted by atomic mass is 35.5. The Morgan fingerprint density at radius 2 is 1.85 bits per heavy atom. The molecule has 27 heavy (non-hydrogen) atoms. The lowest BCUT2D eigenvalue weighted by molar-refractivity contribution is -0.121. The Bertz CT molecular complexity index is 734. The van der Waals surface area contributed by atoms with E-state index >= 15 is 0 Å². The first-order chi connectivity index (χ1) is 12.7. The van der Waals surface area contributed by atoms with Gasteiger partial charge in [-0.25, -0.2) is 8.42 Å². The number of amides is 1. The van der Waals surface area contributed by atoms with Gasteiger partial charge >= 0.3 is 0 Å². The number of nitrogens with one attached hydrogen (secondary N) is 1. The maximum Gasteiger partial charge on any atom is 0.243 e. The smallest absolute Gasteiger partial charge is 0.243 e. The molecular formula is C17H25Cl2N3O4S. The summed E-state index contributed by atoms with van der Waals surface area (Å²) in [6, 6.07) is 3.51. The number of anilines is 1. The van der Waals surface area contributed by atoms with E-state index in [1.807, 2.05) is 0 Å². The molecule has 0 aromatic heterocycles. The molecule has 1 aromatic carbocycles. The maximum absolute atomic E-state index is 12.5. The van der Waals surface area contributed by atoms with E-state index in [4.69, 9.17) is 27.9 Å². The highest BCUT2D eigenvalue weighted by Gasteiger charge is 2.29. The van der Waals surface area contributed by atoms with Gasteiger partial charge in [-0.3, -0.25) is 14.0 Å². The van der Waals surface area contributed by atoms with Crippen LogP contribution in [0.15, 0.2) is 18.2 Å². The number of benzene rings is 1. The zero-order valence-electron chi connectivity index (χ0n) is 15.5. The number of carbonyl (C=O) groups is 1. The molecule has 10 heteroatoms. The van der Waals surface area contributed by atoms with Crippen molar-refractivity contribution in [3.8, 4) is 0 Å². The number of morpholine rings is 1. The first-order valence-corrected chi connectivity index (χ1v) is 11.3. The quantitative estimate of drug-likeness (QED) is 0.628. The number of halogens is 2. The standard InChI is InChI=1S/C17H25Cl2N3O4S/c1-13(17(23)20-4-3-5-21-6-8-26-9-7-21)22(27(2,24)25)16-11-14(18)10-15(19)12-16/h10-13H,3-9H2,1-2H3,(H,20,23)/t13-/m1/s1. The molecule has 1 aliphatic rings. The highest BCUT2D eigenvalue weighted by molar-refractivity contribution is 7.92. The third kappa shape index (κ3) is 6.80. The zero-order chi connectivity index (χ0) is 20.0. The van der Waals surface area contributed by atoms with Crippen LogP contribution in [0.3, 0.4) is 0 Å². The second kappa shape index (κ2) is 9.93. The van der Waals surface area contributed by atoms with Crippen LogP contribution in [0.25, 0.3) is 0 Å². The molecule has 0 bridgehead atoms. The number of carbonyl (C=O) groups excluding carboxylic acids is 1. The van der Waals surface area contributed by atoms with Gasteiger partial charge in [-0.05, 0) is 38.1 Å². The van der Waals surface area contributed by atoms with Crippen molar-refractivity contribution >= 4 is 44.8 Å². The third-order valence-electron chi connectivity index (χ3n) is 4.24. The van der Waals surface area contributed by atoms with Crippen LogP contribution in [0, 0.1) is 0 Å². The Labute approximate surface area is 170 Å². The molecule has 1 aliphatic heterocycles. The lowest BCUT2D eigenvalue weighted by atomic mass is 10.2. The van der Waals surface area contributed by atoms with Gasteiger partial charge in [-0.2, -0.15) is 0 Å². The molecule has 1 atom stereocenters. The molecule has 1 heterocycles. The van der Waals surface area contributed by atoms with Gasteiger partial charge in [-0.15, -0.1) is 0 Å². The van der Waals surface area contributed by atoms with Gasteiger partial charge in [0.15, 0.2) is 0 Å². The lowest BCUT2D eigenvalue weighted by Crippen LogP contribution is -2.48. The molecular weight excluding hydrogens is 413 g/mol. The maximum atomic E-state index is 12.5. The van der Waals surface area contributed by atoms with Crippen LogP contribution < -0.4 is 9.62 Å². The van der Waals surface area contributed by atoms with Gasteiger partial charge in [0, 0.05) is 29.7 Å². The van der Waals surface area contributed by atoms with Gasteiger partial charge in [0.05, 0.1) is 25.2 Å². The Hall–Kier alpha value is -1.06. The fraction of sp³-hybridized carbons (Fsp3) is 0.588. The first kappa shape index (κ1) is 22.2. The fourth-order valence-electron chi connectivity index (χ4n) is 2.96. The van der Waals surface area contributed by atoms with Crippen LogP contribution in [-0.4, -0.2) is 70.9 Å². The third-order valence-corrected chi connectivity index (χ3v) is 5.92. The van der Waals surface area contributed by atoms with Crippen molar-refractivity contribution in [3.05, 3.63) is 28.2 Å². The molecule has 1 aromatic rings. The summed E-state index contributed by atoms with van der Waals surface area (Å²) in [5, 5.41) is 3.40. The van der Waals surface area contributed by atoms with Crippen LogP contribution in [0.5, 0.6) is 0 Å². The molecule has 0 aliphatic carbocycles. The molecule has 1 fully saturated rings. The number of nitrogens with zero attached hydrogens (tertiary/aromatic N) is 2. The molecule has 2 rings (SSSR count). The minimum Gasteiger partial charge on any atom is -0.379 e. The van der Waals surface area contributed by atoms with E-state index in [-0.39, 0.29) is 11.6 Å². The van der Waals surface area contributed by atoms with Crippen molar-refractivity contribution < 1.29 is 17.9 Å². The van der Waals surface area contributed by atoms with E-state index < -0.39 is 16.1 Å². The Morgan fingerprint density at radius 1 is 1.26 bits per heavy atom. The van der Waals surface area contributed by atoms with E-state index in [2.05, 4.69) is 10.2 Å². The molecule has 1 amide bonds. The summed E-state index contributed by atoms with van der Waals surface area (Å²) < 4.78 is 30.9. The van der Waals surface area contributed by atoms with Gasteiger partial charge in [-0.1, -0.05) is 23.2 Å². The summed E-state index contributed by atoms with van der Waals surface area (Å²) in [4.78, 5) is 14.8.